The molecule has 3 aromatic rings. The van der Waals surface area contributed by atoms with E-state index >= 15 is 0 Å². The molecule has 33 heavy (non-hydrogen) atoms. The van der Waals surface area contributed by atoms with Crippen LogP contribution in [0.1, 0.15) is 39.5 Å². The van der Waals surface area contributed by atoms with E-state index in [-0.39, 0.29) is 44.5 Å². The van der Waals surface area contributed by atoms with Crippen molar-refractivity contribution in [3.63, 3.8) is 0 Å². The van der Waals surface area contributed by atoms with Gasteiger partial charge in [-0.1, -0.05) is 0 Å². The summed E-state index contributed by atoms with van der Waals surface area (Å²) in [6.07, 6.45) is 8.95. The fraction of sp³-hybridized carbons (Fsp3) is 0. The number of H-pyrrole nitrogens is 1. The summed E-state index contributed by atoms with van der Waals surface area (Å²) in [5.41, 5.74) is 3.96. The second kappa shape index (κ2) is 8.30. The van der Waals surface area contributed by atoms with Crippen LogP contribution in [0.4, 0.5) is 0 Å². The maximum atomic E-state index is 9.93. The monoisotopic (exact) mass is 469 g/mol. The van der Waals surface area contributed by atoms with Crippen molar-refractivity contribution in [3.05, 3.63) is 69.8 Å². The first-order valence-corrected chi connectivity index (χ1v) is 9.42. The summed E-state index contributed by atoms with van der Waals surface area (Å²) in [6.45, 7) is 0. The first kappa shape index (κ1) is 21.3. The summed E-state index contributed by atoms with van der Waals surface area (Å²) < 4.78 is 1.12. The number of nitrogens with zero attached hydrogens (tertiary/aromatic N) is 7. The second-order valence-electron chi connectivity index (χ2n) is 6.98. The number of hydrogen-bond acceptors (Lipinski definition) is 6. The van der Waals surface area contributed by atoms with Crippen molar-refractivity contribution in [1.82, 2.24) is 19.5 Å². The molecule has 0 atom stereocenters. The van der Waals surface area contributed by atoms with Gasteiger partial charge in [0.2, 0.25) is 0 Å². The molecule has 0 aliphatic carbocycles. The zero-order valence-electron chi connectivity index (χ0n) is 16.7. The minimum Gasteiger partial charge on any atom is -0.355 e. The Hall–Kier alpha value is -4.93. The van der Waals surface area contributed by atoms with Gasteiger partial charge >= 0.3 is 0 Å². The summed E-state index contributed by atoms with van der Waals surface area (Å²) in [5.74, 6) is 0. The molecule has 9 heteroatoms. The Balaban J connectivity index is 0.00000259. The van der Waals surface area contributed by atoms with E-state index < -0.39 is 0 Å². The van der Waals surface area contributed by atoms with Gasteiger partial charge in [-0.25, -0.2) is 14.5 Å². The van der Waals surface area contributed by atoms with Crippen molar-refractivity contribution < 1.29 is 16.8 Å². The number of hydrogen-bond donors (Lipinski definition) is 1. The molecule has 5 rings (SSSR count). The standard InChI is InChI=1S/C24H10N8.Co/c25-10-19-20(11-26)24-21(12-27)22-6-5-17(31-22)8-16-2-1-14(29-16)7-15-3-4-18(30-15)9-23(19)32(24)13-28;/h1-9,29H;. The quantitative estimate of drug-likeness (QED) is 0.362. The molecule has 8 bridgehead atoms. The molecule has 155 valence electrons. The van der Waals surface area contributed by atoms with Crippen LogP contribution in [0.5, 0.6) is 0 Å². The molecule has 0 aromatic carbocycles. The minimum absolute atomic E-state index is 0. The van der Waals surface area contributed by atoms with Crippen LogP contribution in [0.3, 0.4) is 0 Å². The van der Waals surface area contributed by atoms with Gasteiger partial charge in [-0.15, -0.1) is 0 Å². The molecule has 0 saturated carbocycles. The molecule has 3 aromatic heterocycles. The molecule has 0 saturated heterocycles. The number of nitriles is 4. The Morgan fingerprint density at radius 2 is 1.27 bits per heavy atom. The largest absolute Gasteiger partial charge is 0.355 e. The third-order valence-electron chi connectivity index (χ3n) is 5.10. The Morgan fingerprint density at radius 3 is 1.88 bits per heavy atom. The Morgan fingerprint density at radius 1 is 0.697 bits per heavy atom. The van der Waals surface area contributed by atoms with E-state index in [0.29, 0.717) is 22.8 Å². The summed E-state index contributed by atoms with van der Waals surface area (Å²) in [7, 11) is 0. The number of nitrogens with one attached hydrogen (secondary N) is 1. The summed E-state index contributed by atoms with van der Waals surface area (Å²) in [5, 5.41) is 39.4. The third kappa shape index (κ3) is 3.46. The van der Waals surface area contributed by atoms with Crippen LogP contribution in [-0.4, -0.2) is 19.5 Å². The Bertz CT molecular complexity index is 1720. The van der Waals surface area contributed by atoms with Crippen molar-refractivity contribution in [2.24, 2.45) is 0 Å². The Kier molecular flexibility index (Phi) is 5.36. The first-order chi connectivity index (χ1) is 15.6. The molecule has 1 radical (unpaired) electrons. The topological polar surface area (TPSA) is 142 Å². The summed E-state index contributed by atoms with van der Waals surface area (Å²) in [4.78, 5) is 12.3. The van der Waals surface area contributed by atoms with Crippen LogP contribution in [0.15, 0.2) is 30.3 Å². The van der Waals surface area contributed by atoms with Crippen molar-refractivity contribution in [3.8, 4) is 24.4 Å². The predicted molar refractivity (Wildman–Crippen MR) is 118 cm³/mol. The molecule has 0 unspecified atom stereocenters. The molecule has 0 fully saturated rings. The average Bonchev–Trinajstić information content (AvgIpc) is 3.57. The van der Waals surface area contributed by atoms with Gasteiger partial charge in [0.1, 0.15) is 23.8 Å². The Labute approximate surface area is 197 Å². The van der Waals surface area contributed by atoms with Gasteiger partial charge in [0.15, 0.2) is 6.19 Å². The van der Waals surface area contributed by atoms with Crippen molar-refractivity contribution in [2.45, 2.75) is 0 Å². The van der Waals surface area contributed by atoms with Crippen LogP contribution >= 0.6 is 0 Å². The molecule has 1 N–H and O–H groups in total. The molecular weight excluding hydrogens is 459 g/mol. The number of rotatable bonds is 0. The van der Waals surface area contributed by atoms with Gasteiger partial charge in [0.25, 0.3) is 0 Å². The fourth-order valence-corrected chi connectivity index (χ4v) is 3.73. The molecule has 2 aliphatic rings. The van der Waals surface area contributed by atoms with Crippen LogP contribution in [0, 0.1) is 45.4 Å². The van der Waals surface area contributed by atoms with Crippen LogP contribution in [0.2, 0.25) is 0 Å². The smallest absolute Gasteiger partial charge is 0.189 e. The first-order valence-electron chi connectivity index (χ1n) is 9.42. The van der Waals surface area contributed by atoms with Gasteiger partial charge in [0.05, 0.1) is 44.9 Å². The van der Waals surface area contributed by atoms with E-state index in [1.54, 1.807) is 24.3 Å². The van der Waals surface area contributed by atoms with Crippen LogP contribution in [-0.2, 0) is 16.8 Å². The van der Waals surface area contributed by atoms with Gasteiger partial charge in [-0.3, -0.25) is 0 Å². The van der Waals surface area contributed by atoms with Gasteiger partial charge in [-0.2, -0.15) is 21.0 Å². The molecule has 5 heterocycles. The van der Waals surface area contributed by atoms with Gasteiger partial charge in [0, 0.05) is 27.8 Å². The van der Waals surface area contributed by atoms with E-state index in [2.05, 4.69) is 21.0 Å². The average molecular weight is 469 g/mol. The van der Waals surface area contributed by atoms with Crippen molar-refractivity contribution in [2.75, 3.05) is 0 Å². The molecule has 0 amide bonds. The van der Waals surface area contributed by atoms with Crippen LogP contribution < -0.4 is 0 Å². The summed E-state index contributed by atoms with van der Waals surface area (Å²) >= 11 is 0. The SMILES string of the molecule is N#Cc1c(C#N)c2c(C#N)c3nc(cc4ccc(cc5nc(cc1n2C#N)C=C5)[nH]4)C=C3.[Co]. The fourth-order valence-electron chi connectivity index (χ4n) is 3.73. The van der Waals surface area contributed by atoms with Gasteiger partial charge < -0.3 is 4.98 Å². The number of fused-ring (bicyclic) bond motifs is 8. The van der Waals surface area contributed by atoms with Crippen molar-refractivity contribution >= 4 is 46.4 Å². The van der Waals surface area contributed by atoms with E-state index in [4.69, 9.17) is 0 Å². The normalized spacial score (nSPS) is 11.0. The zero-order chi connectivity index (χ0) is 22.2. The summed E-state index contributed by atoms with van der Waals surface area (Å²) in [6, 6.07) is 15.1. The molecule has 8 nitrogen and oxygen atoms in total. The maximum absolute atomic E-state index is 9.93. The molecular formula is C24H10CoN8. The van der Waals surface area contributed by atoms with Gasteiger partial charge in [-0.05, 0) is 54.6 Å². The maximum Gasteiger partial charge on any atom is 0.189 e. The van der Waals surface area contributed by atoms with E-state index in [1.807, 2.05) is 48.7 Å². The second-order valence-corrected chi connectivity index (χ2v) is 6.98. The molecule has 0 spiro atoms. The third-order valence-corrected chi connectivity index (χ3v) is 5.10. The zero-order valence-corrected chi connectivity index (χ0v) is 17.7. The minimum atomic E-state index is -0.0541. The predicted octanol–water partition coefficient (Wildman–Crippen LogP) is 4.07. The van der Waals surface area contributed by atoms with Crippen LogP contribution in [0.25, 0.3) is 46.4 Å². The van der Waals surface area contributed by atoms with E-state index in [9.17, 15) is 21.0 Å². The number of aromatic nitrogens is 4. The molecule has 2 aliphatic heterocycles. The van der Waals surface area contributed by atoms with E-state index in [0.717, 1.165) is 15.6 Å². The van der Waals surface area contributed by atoms with E-state index in [1.165, 1.54) is 0 Å². The van der Waals surface area contributed by atoms with Crippen molar-refractivity contribution in [1.29, 1.82) is 21.0 Å². The number of aromatic amines is 1.